The summed E-state index contributed by atoms with van der Waals surface area (Å²) in [5.74, 6) is -1.16. The number of esters is 1. The third-order valence-electron chi connectivity index (χ3n) is 7.06. The van der Waals surface area contributed by atoms with Crippen LogP contribution in [0.2, 0.25) is 5.02 Å². The highest BCUT2D eigenvalue weighted by atomic mass is 35.5. The SMILES string of the molecule is CC(OC(=O)c1c(-c2ccc(Cl)cc2)c2ccccc2c(=O)n1C)C(=O)n1c2ccccc2c2ccccc21. The number of benzene rings is 4. The topological polar surface area (TPSA) is 70.3 Å². The van der Waals surface area contributed by atoms with Gasteiger partial charge >= 0.3 is 5.97 Å². The third kappa shape index (κ3) is 4.01. The van der Waals surface area contributed by atoms with E-state index >= 15 is 0 Å². The monoisotopic (exact) mass is 534 g/mol. The number of carbonyl (C=O) groups is 2. The Balaban J connectivity index is 1.46. The Morgan fingerprint density at radius 2 is 1.26 bits per heavy atom. The third-order valence-corrected chi connectivity index (χ3v) is 7.31. The van der Waals surface area contributed by atoms with Gasteiger partial charge in [0.05, 0.1) is 11.0 Å². The minimum atomic E-state index is -1.13. The zero-order chi connectivity index (χ0) is 27.3. The number of hydrogen-bond acceptors (Lipinski definition) is 4. The van der Waals surface area contributed by atoms with E-state index in [1.54, 1.807) is 54.0 Å². The van der Waals surface area contributed by atoms with Crippen molar-refractivity contribution < 1.29 is 14.3 Å². The van der Waals surface area contributed by atoms with Gasteiger partial charge in [-0.1, -0.05) is 78.3 Å². The summed E-state index contributed by atoms with van der Waals surface area (Å²) in [5.41, 5.74) is 2.41. The van der Waals surface area contributed by atoms with E-state index < -0.39 is 12.1 Å². The van der Waals surface area contributed by atoms with Crippen LogP contribution >= 0.6 is 11.6 Å². The number of hydrogen-bond donors (Lipinski definition) is 0. The van der Waals surface area contributed by atoms with Gasteiger partial charge in [0.1, 0.15) is 5.69 Å². The Bertz CT molecular complexity index is 1930. The van der Waals surface area contributed by atoms with Crippen LogP contribution < -0.4 is 5.56 Å². The van der Waals surface area contributed by atoms with Gasteiger partial charge in [-0.2, -0.15) is 0 Å². The van der Waals surface area contributed by atoms with Crippen LogP contribution in [-0.2, 0) is 11.8 Å². The lowest BCUT2D eigenvalue weighted by atomic mass is 9.96. The standard InChI is InChI=1S/C32H23ClN2O4/c1-19(30(36)35-26-13-7-5-9-22(26)23-10-6-8-14-27(23)35)39-32(38)29-28(20-15-17-21(33)18-16-20)24-11-3-4-12-25(24)31(37)34(29)2/h3-19H,1-2H3. The van der Waals surface area contributed by atoms with E-state index in [1.165, 1.54) is 11.6 Å². The largest absolute Gasteiger partial charge is 0.448 e. The molecule has 1 atom stereocenters. The van der Waals surface area contributed by atoms with Gasteiger partial charge in [0.15, 0.2) is 6.10 Å². The molecule has 7 heteroatoms. The van der Waals surface area contributed by atoms with Gasteiger partial charge < -0.3 is 9.30 Å². The lowest BCUT2D eigenvalue weighted by molar-refractivity contribution is 0.0279. The van der Waals surface area contributed by atoms with Gasteiger partial charge in [0.2, 0.25) is 0 Å². The lowest BCUT2D eigenvalue weighted by Gasteiger charge is -2.19. The highest BCUT2D eigenvalue weighted by Crippen LogP contribution is 2.33. The van der Waals surface area contributed by atoms with Crippen LogP contribution in [0.3, 0.4) is 0 Å². The van der Waals surface area contributed by atoms with Crippen molar-refractivity contribution in [2.24, 2.45) is 7.05 Å². The van der Waals surface area contributed by atoms with Gasteiger partial charge in [-0.05, 0) is 48.2 Å². The minimum absolute atomic E-state index is 0.0582. The Morgan fingerprint density at radius 1 is 0.744 bits per heavy atom. The van der Waals surface area contributed by atoms with Crippen LogP contribution in [0.15, 0.2) is 102 Å². The molecule has 39 heavy (non-hydrogen) atoms. The highest BCUT2D eigenvalue weighted by Gasteiger charge is 2.28. The maximum atomic E-state index is 13.8. The first-order chi connectivity index (χ1) is 18.9. The summed E-state index contributed by atoms with van der Waals surface area (Å²) in [5, 5.41) is 3.48. The van der Waals surface area contributed by atoms with Crippen LogP contribution in [-0.4, -0.2) is 27.1 Å². The zero-order valence-corrected chi connectivity index (χ0v) is 22.0. The molecule has 2 heterocycles. The number of para-hydroxylation sites is 2. The second kappa shape index (κ2) is 9.57. The Morgan fingerprint density at radius 3 is 1.85 bits per heavy atom. The van der Waals surface area contributed by atoms with Crippen molar-refractivity contribution in [1.82, 2.24) is 9.13 Å². The van der Waals surface area contributed by atoms with Crippen molar-refractivity contribution in [3.63, 3.8) is 0 Å². The molecule has 1 unspecified atom stereocenters. The summed E-state index contributed by atoms with van der Waals surface area (Å²) >= 11 is 6.12. The molecule has 0 aliphatic carbocycles. The summed E-state index contributed by atoms with van der Waals surface area (Å²) in [4.78, 5) is 40.8. The molecule has 192 valence electrons. The number of carbonyl (C=O) groups excluding carboxylic acids is 2. The molecule has 6 aromatic rings. The average Bonchev–Trinajstić information content (AvgIpc) is 3.29. The van der Waals surface area contributed by atoms with Crippen LogP contribution in [0.25, 0.3) is 43.7 Å². The molecule has 0 aliphatic heterocycles. The molecule has 6 nitrogen and oxygen atoms in total. The number of fused-ring (bicyclic) bond motifs is 4. The number of pyridine rings is 1. The fourth-order valence-corrected chi connectivity index (χ4v) is 5.35. The van der Waals surface area contributed by atoms with Crippen LogP contribution in [0.5, 0.6) is 0 Å². The Hall–Kier alpha value is -4.68. The van der Waals surface area contributed by atoms with Crippen molar-refractivity contribution in [2.75, 3.05) is 0 Å². The fraction of sp³-hybridized carbons (Fsp3) is 0.0938. The first-order valence-corrected chi connectivity index (χ1v) is 12.9. The second-order valence-corrected chi connectivity index (χ2v) is 9.83. The molecular weight excluding hydrogens is 512 g/mol. The van der Waals surface area contributed by atoms with Crippen LogP contribution in [0.4, 0.5) is 0 Å². The highest BCUT2D eigenvalue weighted by molar-refractivity contribution is 6.30. The van der Waals surface area contributed by atoms with Crippen molar-refractivity contribution in [2.45, 2.75) is 13.0 Å². The number of ether oxygens (including phenoxy) is 1. The van der Waals surface area contributed by atoms with Gasteiger partial charge in [-0.15, -0.1) is 0 Å². The second-order valence-electron chi connectivity index (χ2n) is 9.40. The van der Waals surface area contributed by atoms with E-state index in [2.05, 4.69) is 0 Å². The number of halogens is 1. The van der Waals surface area contributed by atoms with E-state index in [0.29, 0.717) is 26.9 Å². The predicted octanol–water partition coefficient (Wildman–Crippen LogP) is 6.85. The summed E-state index contributed by atoms with van der Waals surface area (Å²) < 4.78 is 8.66. The molecule has 0 amide bonds. The van der Waals surface area contributed by atoms with E-state index in [9.17, 15) is 14.4 Å². The van der Waals surface area contributed by atoms with Crippen molar-refractivity contribution in [3.05, 3.63) is 118 Å². The van der Waals surface area contributed by atoms with Gasteiger partial charge in [-0.25, -0.2) is 4.79 Å². The summed E-state index contributed by atoms with van der Waals surface area (Å²) in [7, 11) is 1.53. The minimum Gasteiger partial charge on any atom is -0.448 e. The quantitative estimate of drug-likeness (QED) is 0.232. The molecule has 0 spiro atoms. The van der Waals surface area contributed by atoms with Crippen LogP contribution in [0.1, 0.15) is 22.2 Å². The van der Waals surface area contributed by atoms with Crippen molar-refractivity contribution >= 4 is 56.1 Å². The fourth-order valence-electron chi connectivity index (χ4n) is 5.22. The molecule has 0 N–H and O–H groups in total. The smallest absolute Gasteiger partial charge is 0.356 e. The molecule has 6 rings (SSSR count). The zero-order valence-electron chi connectivity index (χ0n) is 21.2. The van der Waals surface area contributed by atoms with E-state index in [-0.39, 0.29) is 17.2 Å². The van der Waals surface area contributed by atoms with E-state index in [4.69, 9.17) is 16.3 Å². The summed E-state index contributed by atoms with van der Waals surface area (Å²) in [6.45, 7) is 1.55. The normalized spacial score (nSPS) is 12.2. The van der Waals surface area contributed by atoms with Gasteiger partial charge in [0, 0.05) is 33.8 Å². The van der Waals surface area contributed by atoms with Crippen LogP contribution in [0, 0.1) is 0 Å². The van der Waals surface area contributed by atoms with Crippen molar-refractivity contribution in [1.29, 1.82) is 0 Å². The van der Waals surface area contributed by atoms with E-state index in [0.717, 1.165) is 21.8 Å². The number of aromatic nitrogens is 2. The molecule has 0 bridgehead atoms. The molecule has 0 fully saturated rings. The molecule has 0 saturated carbocycles. The molecule has 4 aromatic carbocycles. The molecular formula is C32H23ClN2O4. The van der Waals surface area contributed by atoms with Gasteiger partial charge in [0.25, 0.3) is 11.5 Å². The number of nitrogens with zero attached hydrogens (tertiary/aromatic N) is 2. The predicted molar refractivity (Wildman–Crippen MR) is 155 cm³/mol. The van der Waals surface area contributed by atoms with Crippen molar-refractivity contribution in [3.8, 4) is 11.1 Å². The maximum Gasteiger partial charge on any atom is 0.356 e. The summed E-state index contributed by atoms with van der Waals surface area (Å²) in [6, 6.07) is 29.4. The summed E-state index contributed by atoms with van der Waals surface area (Å²) in [6.07, 6.45) is -1.13. The average molecular weight is 535 g/mol. The molecule has 2 aromatic heterocycles. The Labute approximate surface area is 228 Å². The Kier molecular flexibility index (Phi) is 6.04. The van der Waals surface area contributed by atoms with E-state index in [1.807, 2.05) is 54.6 Å². The first-order valence-electron chi connectivity index (χ1n) is 12.5. The molecule has 0 saturated heterocycles. The molecule has 0 radical (unpaired) electrons. The lowest BCUT2D eigenvalue weighted by Crippen LogP contribution is -2.32. The molecule has 0 aliphatic rings. The maximum absolute atomic E-state index is 13.8. The van der Waals surface area contributed by atoms with Gasteiger partial charge in [-0.3, -0.25) is 14.2 Å². The number of rotatable bonds is 4. The first kappa shape index (κ1) is 24.6.